The van der Waals surface area contributed by atoms with Crippen molar-refractivity contribution in [1.82, 2.24) is 0 Å². The highest BCUT2D eigenvalue weighted by molar-refractivity contribution is 7.86. The Morgan fingerprint density at radius 1 is 1.00 bits per heavy atom. The second-order valence-electron chi connectivity index (χ2n) is 6.98. The summed E-state index contributed by atoms with van der Waals surface area (Å²) in [5.74, 6) is 0.613. The summed E-state index contributed by atoms with van der Waals surface area (Å²) in [5, 5.41) is 10.4. The van der Waals surface area contributed by atoms with Gasteiger partial charge in [0.05, 0.1) is 31.3 Å². The van der Waals surface area contributed by atoms with Crippen molar-refractivity contribution in [2.24, 2.45) is 5.92 Å². The summed E-state index contributed by atoms with van der Waals surface area (Å²) in [6.07, 6.45) is -1.66. The lowest BCUT2D eigenvalue weighted by Crippen LogP contribution is -2.37. The fourth-order valence-electron chi connectivity index (χ4n) is 2.53. The third-order valence-corrected chi connectivity index (χ3v) is 5.68. The van der Waals surface area contributed by atoms with E-state index < -0.39 is 22.3 Å². The van der Waals surface area contributed by atoms with Gasteiger partial charge in [-0.1, -0.05) is 43.7 Å². The van der Waals surface area contributed by atoms with Gasteiger partial charge in [0, 0.05) is 0 Å². The van der Waals surface area contributed by atoms with Crippen LogP contribution in [0.3, 0.4) is 0 Å². The molecule has 28 heavy (non-hydrogen) atoms. The average molecular weight is 409 g/mol. The van der Waals surface area contributed by atoms with Crippen LogP contribution in [0.2, 0.25) is 0 Å². The van der Waals surface area contributed by atoms with Crippen LogP contribution in [0.5, 0.6) is 5.75 Å². The Hall–Kier alpha value is -1.93. The Labute approximate surface area is 167 Å². The van der Waals surface area contributed by atoms with Crippen molar-refractivity contribution in [2.75, 3.05) is 13.7 Å². The minimum absolute atomic E-state index is 0.0750. The number of hydrogen-bond donors (Lipinski definition) is 1. The number of aryl methyl sites for hydroxylation is 1. The fraction of sp³-hybridized carbons (Fsp3) is 0.429. The smallest absolute Gasteiger partial charge is 0.297 e. The van der Waals surface area contributed by atoms with E-state index in [0.717, 1.165) is 16.9 Å². The largest absolute Gasteiger partial charge is 0.497 e. The van der Waals surface area contributed by atoms with Gasteiger partial charge >= 0.3 is 0 Å². The van der Waals surface area contributed by atoms with E-state index in [1.54, 1.807) is 19.2 Å². The van der Waals surface area contributed by atoms with Crippen molar-refractivity contribution >= 4 is 10.1 Å². The maximum Gasteiger partial charge on any atom is 0.297 e. The molecule has 0 fully saturated rings. The second-order valence-corrected chi connectivity index (χ2v) is 8.60. The van der Waals surface area contributed by atoms with E-state index in [-0.39, 0.29) is 24.0 Å². The maximum absolute atomic E-state index is 12.4. The Balaban J connectivity index is 2.04. The van der Waals surface area contributed by atoms with Crippen LogP contribution in [0.1, 0.15) is 25.0 Å². The lowest BCUT2D eigenvalue weighted by molar-refractivity contribution is -0.0805. The van der Waals surface area contributed by atoms with Crippen molar-refractivity contribution in [3.63, 3.8) is 0 Å². The first-order valence-corrected chi connectivity index (χ1v) is 10.5. The van der Waals surface area contributed by atoms with E-state index in [2.05, 4.69) is 0 Å². The van der Waals surface area contributed by atoms with Crippen LogP contribution in [0.25, 0.3) is 0 Å². The molecule has 154 valence electrons. The normalized spacial score (nSPS) is 14.1. The third kappa shape index (κ3) is 6.31. The number of benzene rings is 2. The minimum atomic E-state index is -3.93. The number of ether oxygens (including phenoxy) is 2. The standard InChI is InChI=1S/C21H28O6S/c1-15(2)21(22)20(26-13-17-7-9-18(25-4)10-8-17)14-27-28(23,24)19-11-5-16(3)6-12-19/h5-12,15,20-22H,13-14H2,1-4H3/t20-,21+/m0/s1. The molecule has 0 heterocycles. The molecule has 0 amide bonds. The first-order valence-electron chi connectivity index (χ1n) is 9.11. The average Bonchev–Trinajstić information content (AvgIpc) is 2.68. The molecule has 0 unspecified atom stereocenters. The van der Waals surface area contributed by atoms with Gasteiger partial charge in [-0.15, -0.1) is 0 Å². The summed E-state index contributed by atoms with van der Waals surface area (Å²) in [6, 6.07) is 13.7. The number of methoxy groups -OCH3 is 1. The molecule has 2 aromatic carbocycles. The molecule has 0 saturated carbocycles. The van der Waals surface area contributed by atoms with E-state index in [4.69, 9.17) is 13.7 Å². The zero-order valence-electron chi connectivity index (χ0n) is 16.7. The van der Waals surface area contributed by atoms with Crippen molar-refractivity contribution in [3.8, 4) is 5.75 Å². The van der Waals surface area contributed by atoms with E-state index >= 15 is 0 Å². The first kappa shape index (κ1) is 22.4. The number of hydrogen-bond acceptors (Lipinski definition) is 6. The molecule has 0 aliphatic carbocycles. The van der Waals surface area contributed by atoms with E-state index in [0.29, 0.717) is 0 Å². The summed E-state index contributed by atoms with van der Waals surface area (Å²) < 4.78 is 40.9. The summed E-state index contributed by atoms with van der Waals surface area (Å²) in [4.78, 5) is 0.0750. The Kier molecular flexibility index (Phi) is 8.00. The van der Waals surface area contributed by atoms with Gasteiger partial charge in [0.15, 0.2) is 0 Å². The second kappa shape index (κ2) is 10.0. The number of rotatable bonds is 10. The molecule has 0 spiro atoms. The molecule has 0 aliphatic heterocycles. The highest BCUT2D eigenvalue weighted by Crippen LogP contribution is 2.18. The van der Waals surface area contributed by atoms with Gasteiger partial charge in [-0.05, 0) is 42.7 Å². The van der Waals surface area contributed by atoms with Gasteiger partial charge in [-0.3, -0.25) is 4.18 Å². The van der Waals surface area contributed by atoms with Crippen LogP contribution in [0.15, 0.2) is 53.4 Å². The lowest BCUT2D eigenvalue weighted by Gasteiger charge is -2.25. The van der Waals surface area contributed by atoms with Gasteiger partial charge in [-0.2, -0.15) is 8.42 Å². The fourth-order valence-corrected chi connectivity index (χ4v) is 3.45. The molecule has 0 bridgehead atoms. The van der Waals surface area contributed by atoms with Crippen molar-refractivity contribution in [3.05, 3.63) is 59.7 Å². The molecule has 2 aromatic rings. The quantitative estimate of drug-likeness (QED) is 0.608. The van der Waals surface area contributed by atoms with Crippen molar-refractivity contribution < 1.29 is 27.2 Å². The van der Waals surface area contributed by atoms with Crippen molar-refractivity contribution in [2.45, 2.75) is 44.5 Å². The molecule has 1 N–H and O–H groups in total. The van der Waals surface area contributed by atoms with Crippen LogP contribution in [0.4, 0.5) is 0 Å². The molecule has 0 aliphatic rings. The molecule has 0 saturated heterocycles. The van der Waals surface area contributed by atoms with E-state index in [1.807, 2.05) is 45.0 Å². The van der Waals surface area contributed by atoms with Crippen LogP contribution in [0, 0.1) is 12.8 Å². The van der Waals surface area contributed by atoms with Gasteiger partial charge in [0.1, 0.15) is 11.9 Å². The summed E-state index contributed by atoms with van der Waals surface area (Å²) in [5.41, 5.74) is 1.83. The topological polar surface area (TPSA) is 82.1 Å². The van der Waals surface area contributed by atoms with Gasteiger partial charge in [0.25, 0.3) is 10.1 Å². The SMILES string of the molecule is COc1ccc(CO[C@@H](COS(=O)(=O)c2ccc(C)cc2)[C@H](O)C(C)C)cc1. The van der Waals surface area contributed by atoms with Crippen LogP contribution < -0.4 is 4.74 Å². The van der Waals surface area contributed by atoms with Crippen LogP contribution in [-0.2, 0) is 25.6 Å². The highest BCUT2D eigenvalue weighted by Gasteiger charge is 2.26. The summed E-state index contributed by atoms with van der Waals surface area (Å²) >= 11 is 0. The van der Waals surface area contributed by atoms with Crippen LogP contribution >= 0.6 is 0 Å². The molecule has 0 radical (unpaired) electrons. The van der Waals surface area contributed by atoms with Crippen LogP contribution in [-0.4, -0.2) is 39.4 Å². The zero-order valence-corrected chi connectivity index (χ0v) is 17.5. The number of aliphatic hydroxyl groups excluding tert-OH is 1. The van der Waals surface area contributed by atoms with Gasteiger partial charge < -0.3 is 14.6 Å². The predicted octanol–water partition coefficient (Wildman–Crippen LogP) is 3.31. The minimum Gasteiger partial charge on any atom is -0.497 e. The molecule has 0 aromatic heterocycles. The predicted molar refractivity (Wildman–Crippen MR) is 107 cm³/mol. The Bertz CT molecular complexity index is 828. The third-order valence-electron chi connectivity index (χ3n) is 4.38. The zero-order chi connectivity index (χ0) is 20.7. The lowest BCUT2D eigenvalue weighted by atomic mass is 10.0. The van der Waals surface area contributed by atoms with Gasteiger partial charge in [-0.25, -0.2) is 0 Å². The maximum atomic E-state index is 12.4. The Morgan fingerprint density at radius 3 is 2.14 bits per heavy atom. The molecular weight excluding hydrogens is 380 g/mol. The van der Waals surface area contributed by atoms with Crippen molar-refractivity contribution in [1.29, 1.82) is 0 Å². The molecule has 2 atom stereocenters. The highest BCUT2D eigenvalue weighted by atomic mass is 32.2. The molecule has 2 rings (SSSR count). The molecular formula is C21H28O6S. The summed E-state index contributed by atoms with van der Waals surface area (Å²) in [7, 11) is -2.34. The van der Waals surface area contributed by atoms with E-state index in [1.165, 1.54) is 12.1 Å². The first-order chi connectivity index (χ1) is 13.2. The monoisotopic (exact) mass is 408 g/mol. The van der Waals surface area contributed by atoms with E-state index in [9.17, 15) is 13.5 Å². The van der Waals surface area contributed by atoms with Gasteiger partial charge in [0.2, 0.25) is 0 Å². The molecule has 6 nitrogen and oxygen atoms in total. The Morgan fingerprint density at radius 2 is 1.61 bits per heavy atom. The molecule has 7 heteroatoms. The number of aliphatic hydroxyl groups is 1. The summed E-state index contributed by atoms with van der Waals surface area (Å²) in [6.45, 7) is 5.49.